The van der Waals surface area contributed by atoms with Gasteiger partial charge in [0.05, 0.1) is 22.0 Å². The summed E-state index contributed by atoms with van der Waals surface area (Å²) < 4.78 is 20.5. The zero-order valence-electron chi connectivity index (χ0n) is 18.4. The summed E-state index contributed by atoms with van der Waals surface area (Å²) >= 11 is 0. The molecule has 0 saturated carbocycles. The Morgan fingerprint density at radius 2 is 2.12 bits per heavy atom. The molecule has 0 radical (unpaired) electrons. The maximum atomic E-state index is 14.2. The lowest BCUT2D eigenvalue weighted by Crippen LogP contribution is -2.50. The average Bonchev–Trinajstić information content (AvgIpc) is 3.33. The molecule has 6 rings (SSSR count). The van der Waals surface area contributed by atoms with Crippen molar-refractivity contribution < 1.29 is 9.13 Å². The molecule has 0 unspecified atom stereocenters. The largest absolute Gasteiger partial charge is 0.475 e. The maximum Gasteiger partial charge on any atom is 0.226 e. The van der Waals surface area contributed by atoms with E-state index in [4.69, 9.17) is 19.7 Å². The maximum absolute atomic E-state index is 14.2. The first kappa shape index (κ1) is 20.1. The van der Waals surface area contributed by atoms with Gasteiger partial charge in [-0.2, -0.15) is 0 Å². The van der Waals surface area contributed by atoms with Crippen LogP contribution in [0.1, 0.15) is 26.2 Å². The van der Waals surface area contributed by atoms with Crippen LogP contribution in [0.5, 0.6) is 5.88 Å². The molecule has 3 aliphatic rings. The third kappa shape index (κ3) is 3.28. The van der Waals surface area contributed by atoms with Crippen LogP contribution in [0.3, 0.4) is 0 Å². The van der Waals surface area contributed by atoms with Crippen molar-refractivity contribution in [3.05, 3.63) is 30.5 Å². The summed E-state index contributed by atoms with van der Waals surface area (Å²) in [5.74, 6) is 1.28. The number of alkyl halides is 1. The third-order valence-corrected chi connectivity index (χ3v) is 7.38. The number of pyridine rings is 1. The standard InChI is InChI=1S/C24H29FN6O/c1-16-12-26-8-10-31(16)23-27-13-19-21(29-23)18-5-2-3-6-20(18)28-22(19)32-15-24-7-4-9-30(24)14-17(25)11-24/h2-3,5-6,13,16-17,26H,4,7-12,14-15H2,1H3/t16-,17+,24-/m0/s1. The summed E-state index contributed by atoms with van der Waals surface area (Å²) in [5, 5.41) is 5.22. The third-order valence-electron chi connectivity index (χ3n) is 7.38. The molecule has 0 amide bonds. The Morgan fingerprint density at radius 3 is 3.03 bits per heavy atom. The van der Waals surface area contributed by atoms with E-state index >= 15 is 0 Å². The summed E-state index contributed by atoms with van der Waals surface area (Å²) in [6.45, 7) is 6.82. The Labute approximate surface area is 187 Å². The lowest BCUT2D eigenvalue weighted by atomic mass is 9.95. The predicted octanol–water partition coefficient (Wildman–Crippen LogP) is 2.93. The second-order valence-electron chi connectivity index (χ2n) is 9.48. The first-order valence-electron chi connectivity index (χ1n) is 11.7. The van der Waals surface area contributed by atoms with Crippen LogP contribution >= 0.6 is 0 Å². The fourth-order valence-electron chi connectivity index (χ4n) is 5.71. The zero-order chi connectivity index (χ0) is 21.7. The number of ether oxygens (including phenoxy) is 1. The molecule has 3 aliphatic heterocycles. The smallest absolute Gasteiger partial charge is 0.226 e. The van der Waals surface area contributed by atoms with Crippen LogP contribution in [0.2, 0.25) is 0 Å². The van der Waals surface area contributed by atoms with Crippen LogP contribution in [0.25, 0.3) is 21.8 Å². The van der Waals surface area contributed by atoms with Gasteiger partial charge in [0, 0.05) is 50.2 Å². The number of para-hydroxylation sites is 1. The SMILES string of the molecule is C[C@H]1CNCCN1c1ncc2c(OC[C@@]34CCCN3C[C@H](F)C4)nc3ccccc3c2n1. The lowest BCUT2D eigenvalue weighted by Gasteiger charge is -2.34. The number of fused-ring (bicyclic) bond motifs is 4. The number of halogens is 1. The van der Waals surface area contributed by atoms with Gasteiger partial charge in [0.2, 0.25) is 11.8 Å². The molecule has 1 N–H and O–H groups in total. The number of anilines is 1. The number of hydrogen-bond acceptors (Lipinski definition) is 7. The van der Waals surface area contributed by atoms with Crippen molar-refractivity contribution in [1.82, 2.24) is 25.2 Å². The first-order valence-corrected chi connectivity index (χ1v) is 11.7. The fourth-order valence-corrected chi connectivity index (χ4v) is 5.71. The number of piperazine rings is 1. The molecule has 7 nitrogen and oxygen atoms in total. The molecule has 0 bridgehead atoms. The normalized spacial score (nSPS) is 28.5. The molecule has 3 aromatic rings. The van der Waals surface area contributed by atoms with Crippen LogP contribution in [-0.4, -0.2) is 76.9 Å². The highest BCUT2D eigenvalue weighted by Gasteiger charge is 2.49. The summed E-state index contributed by atoms with van der Waals surface area (Å²) in [5.41, 5.74) is 1.50. The Kier molecular flexibility index (Phi) is 4.87. The first-order chi connectivity index (χ1) is 15.6. The number of benzene rings is 1. The molecule has 168 valence electrons. The summed E-state index contributed by atoms with van der Waals surface area (Å²) in [4.78, 5) is 19.0. The van der Waals surface area contributed by atoms with E-state index in [-0.39, 0.29) is 5.54 Å². The van der Waals surface area contributed by atoms with Gasteiger partial charge in [-0.1, -0.05) is 18.2 Å². The van der Waals surface area contributed by atoms with Crippen molar-refractivity contribution in [3.63, 3.8) is 0 Å². The van der Waals surface area contributed by atoms with Crippen molar-refractivity contribution in [2.75, 3.05) is 44.2 Å². The second kappa shape index (κ2) is 7.78. The topological polar surface area (TPSA) is 66.4 Å². The molecule has 0 spiro atoms. The molecular weight excluding hydrogens is 407 g/mol. The average molecular weight is 437 g/mol. The highest BCUT2D eigenvalue weighted by atomic mass is 19.1. The number of rotatable bonds is 4. The van der Waals surface area contributed by atoms with Crippen LogP contribution in [0.15, 0.2) is 30.5 Å². The highest BCUT2D eigenvalue weighted by molar-refractivity contribution is 6.05. The van der Waals surface area contributed by atoms with E-state index in [1.807, 2.05) is 24.4 Å². The van der Waals surface area contributed by atoms with Gasteiger partial charge in [0.1, 0.15) is 12.8 Å². The molecule has 8 heteroatoms. The quantitative estimate of drug-likeness (QED) is 0.631. The fraction of sp³-hybridized carbons (Fsp3) is 0.542. The molecule has 3 saturated heterocycles. The summed E-state index contributed by atoms with van der Waals surface area (Å²) in [6, 6.07) is 8.36. The number of aromatic nitrogens is 3. The monoisotopic (exact) mass is 436 g/mol. The van der Waals surface area contributed by atoms with Crippen molar-refractivity contribution in [2.24, 2.45) is 0 Å². The van der Waals surface area contributed by atoms with Crippen molar-refractivity contribution in [3.8, 4) is 5.88 Å². The van der Waals surface area contributed by atoms with Crippen LogP contribution in [0, 0.1) is 0 Å². The van der Waals surface area contributed by atoms with Crippen LogP contribution < -0.4 is 15.0 Å². The molecule has 1 aromatic carbocycles. The Morgan fingerprint density at radius 1 is 1.22 bits per heavy atom. The van der Waals surface area contributed by atoms with Crippen molar-refractivity contribution in [2.45, 2.75) is 43.9 Å². The van der Waals surface area contributed by atoms with E-state index in [2.05, 4.69) is 28.1 Å². The number of nitrogens with one attached hydrogen (secondary N) is 1. The molecule has 3 atom stereocenters. The Bertz CT molecular complexity index is 1160. The van der Waals surface area contributed by atoms with Gasteiger partial charge in [0.25, 0.3) is 0 Å². The second-order valence-corrected chi connectivity index (χ2v) is 9.48. The number of hydrogen-bond donors (Lipinski definition) is 1. The van der Waals surface area contributed by atoms with Crippen molar-refractivity contribution in [1.29, 1.82) is 0 Å². The highest BCUT2D eigenvalue weighted by Crippen LogP contribution is 2.41. The van der Waals surface area contributed by atoms with E-state index in [0.29, 0.717) is 31.5 Å². The molecule has 5 heterocycles. The van der Waals surface area contributed by atoms with Gasteiger partial charge in [-0.3, -0.25) is 4.90 Å². The Balaban J connectivity index is 1.40. The van der Waals surface area contributed by atoms with E-state index < -0.39 is 6.17 Å². The van der Waals surface area contributed by atoms with Gasteiger partial charge in [0.15, 0.2) is 0 Å². The van der Waals surface area contributed by atoms with Gasteiger partial charge in [-0.15, -0.1) is 0 Å². The van der Waals surface area contributed by atoms with E-state index in [0.717, 1.165) is 66.8 Å². The van der Waals surface area contributed by atoms with Crippen LogP contribution in [0.4, 0.5) is 10.3 Å². The molecule has 0 aliphatic carbocycles. The minimum atomic E-state index is -0.771. The van der Waals surface area contributed by atoms with Gasteiger partial charge < -0.3 is 15.0 Å². The zero-order valence-corrected chi connectivity index (χ0v) is 18.4. The summed E-state index contributed by atoms with van der Waals surface area (Å²) in [6.07, 6.45) is 3.68. The van der Waals surface area contributed by atoms with E-state index in [1.165, 1.54) is 0 Å². The molecule has 2 aromatic heterocycles. The number of nitrogens with zero attached hydrogens (tertiary/aromatic N) is 5. The van der Waals surface area contributed by atoms with Gasteiger partial charge >= 0.3 is 0 Å². The van der Waals surface area contributed by atoms with E-state index in [9.17, 15) is 4.39 Å². The lowest BCUT2D eigenvalue weighted by molar-refractivity contribution is 0.112. The van der Waals surface area contributed by atoms with Crippen molar-refractivity contribution >= 4 is 27.8 Å². The van der Waals surface area contributed by atoms with E-state index in [1.54, 1.807) is 0 Å². The summed E-state index contributed by atoms with van der Waals surface area (Å²) in [7, 11) is 0. The van der Waals surface area contributed by atoms with Gasteiger partial charge in [-0.25, -0.2) is 19.3 Å². The van der Waals surface area contributed by atoms with Crippen LogP contribution in [-0.2, 0) is 0 Å². The molecule has 32 heavy (non-hydrogen) atoms. The molecule has 3 fully saturated rings. The molecular formula is C24H29FN6O. The minimum Gasteiger partial charge on any atom is -0.475 e. The minimum absolute atomic E-state index is 0.212. The predicted molar refractivity (Wildman–Crippen MR) is 123 cm³/mol. The Hall–Kier alpha value is -2.58. The van der Waals surface area contributed by atoms with Gasteiger partial charge in [-0.05, 0) is 32.4 Å².